The normalized spacial score (nSPS) is 11.2. The lowest BCUT2D eigenvalue weighted by atomic mass is 10.1. The number of benzene rings is 1. The maximum atomic E-state index is 5.68. The Balaban J connectivity index is 0.00000364. The predicted octanol–water partition coefficient (Wildman–Crippen LogP) is 4.46. The number of hydrogen-bond donors (Lipinski definition) is 2. The first kappa shape index (κ1) is 23.3. The first-order valence-corrected chi connectivity index (χ1v) is 9.31. The highest BCUT2D eigenvalue weighted by atomic mass is 127. The van der Waals surface area contributed by atoms with Gasteiger partial charge in [-0.05, 0) is 37.0 Å². The molecular weight excluding hydrogens is 455 g/mol. The summed E-state index contributed by atoms with van der Waals surface area (Å²) in [5.41, 5.74) is 2.07. The molecule has 1 aromatic heterocycles. The van der Waals surface area contributed by atoms with Crippen LogP contribution in [-0.4, -0.2) is 24.3 Å². The van der Waals surface area contributed by atoms with Crippen molar-refractivity contribution < 1.29 is 9.26 Å². The molecule has 0 unspecified atom stereocenters. The quantitative estimate of drug-likeness (QED) is 0.311. The van der Waals surface area contributed by atoms with Gasteiger partial charge in [0.1, 0.15) is 5.75 Å². The van der Waals surface area contributed by atoms with Crippen molar-refractivity contribution in [2.75, 3.05) is 13.2 Å². The van der Waals surface area contributed by atoms with E-state index in [9.17, 15) is 0 Å². The van der Waals surface area contributed by atoms with E-state index in [0.29, 0.717) is 19.0 Å². The van der Waals surface area contributed by atoms with Crippen LogP contribution in [0.1, 0.15) is 57.1 Å². The van der Waals surface area contributed by atoms with Gasteiger partial charge in [0.05, 0.1) is 25.4 Å². The van der Waals surface area contributed by atoms with Crippen LogP contribution < -0.4 is 15.4 Å². The third-order valence-corrected chi connectivity index (χ3v) is 3.73. The Morgan fingerprint density at radius 2 is 2.04 bits per heavy atom. The fourth-order valence-corrected chi connectivity index (χ4v) is 2.32. The van der Waals surface area contributed by atoms with Gasteiger partial charge >= 0.3 is 0 Å². The van der Waals surface area contributed by atoms with Crippen LogP contribution in [0.4, 0.5) is 0 Å². The Kier molecular flexibility index (Phi) is 10.8. The maximum absolute atomic E-state index is 5.68. The monoisotopic (exact) mass is 486 g/mol. The van der Waals surface area contributed by atoms with E-state index < -0.39 is 0 Å². The van der Waals surface area contributed by atoms with E-state index in [1.54, 1.807) is 0 Å². The van der Waals surface area contributed by atoms with Crippen molar-refractivity contribution >= 4 is 29.9 Å². The van der Waals surface area contributed by atoms with E-state index in [1.807, 2.05) is 31.2 Å². The molecular formula is C20H31IN4O2. The lowest BCUT2D eigenvalue weighted by molar-refractivity contribution is 0.317. The minimum atomic E-state index is 0. The first-order valence-electron chi connectivity index (χ1n) is 9.31. The van der Waals surface area contributed by atoms with E-state index >= 15 is 0 Å². The summed E-state index contributed by atoms with van der Waals surface area (Å²) in [5.74, 6) is 2.79. The average Bonchev–Trinajstić information content (AvgIpc) is 3.12. The zero-order valence-corrected chi connectivity index (χ0v) is 18.9. The highest BCUT2D eigenvalue weighted by Crippen LogP contribution is 2.15. The molecule has 0 atom stereocenters. The number of hydrogen-bond acceptors (Lipinski definition) is 4. The topological polar surface area (TPSA) is 71.7 Å². The fraction of sp³-hybridized carbons (Fsp3) is 0.500. The van der Waals surface area contributed by atoms with Crippen molar-refractivity contribution in [1.29, 1.82) is 0 Å². The largest absolute Gasteiger partial charge is 0.494 e. The molecule has 2 N–H and O–H groups in total. The molecule has 0 amide bonds. The van der Waals surface area contributed by atoms with Crippen LogP contribution in [0.5, 0.6) is 5.75 Å². The second-order valence-corrected chi connectivity index (χ2v) is 6.42. The molecule has 7 heteroatoms. The molecule has 2 rings (SSSR count). The summed E-state index contributed by atoms with van der Waals surface area (Å²) >= 11 is 0. The number of ether oxygens (including phenoxy) is 1. The van der Waals surface area contributed by atoms with Crippen LogP contribution in [0.3, 0.4) is 0 Å². The Morgan fingerprint density at radius 1 is 1.22 bits per heavy atom. The molecule has 1 heterocycles. The standard InChI is InChI=1S/C20H30N4O2.HI/c1-5-10-25-17-9-7-8-16(11-17)13-22-20(21-6-2)23-14-18-12-19(15(3)4)24-26-18;/h7-9,11-12,15H,5-6,10,13-14H2,1-4H3,(H2,21,22,23);1H. The number of rotatable bonds is 9. The smallest absolute Gasteiger partial charge is 0.191 e. The number of halogens is 1. The molecule has 27 heavy (non-hydrogen) atoms. The summed E-state index contributed by atoms with van der Waals surface area (Å²) in [5, 5.41) is 10.6. The molecule has 0 aliphatic heterocycles. The Morgan fingerprint density at radius 3 is 2.70 bits per heavy atom. The number of guanidine groups is 1. The minimum absolute atomic E-state index is 0. The van der Waals surface area contributed by atoms with E-state index in [-0.39, 0.29) is 24.0 Å². The van der Waals surface area contributed by atoms with Gasteiger partial charge in [0.25, 0.3) is 0 Å². The second kappa shape index (κ2) is 12.6. The molecule has 0 saturated heterocycles. The number of aliphatic imine (C=N–C) groups is 1. The lowest BCUT2D eigenvalue weighted by Gasteiger charge is -2.10. The summed E-state index contributed by atoms with van der Waals surface area (Å²) in [6.07, 6.45) is 0.997. The Bertz CT molecular complexity index is 701. The third kappa shape index (κ3) is 8.19. The summed E-state index contributed by atoms with van der Waals surface area (Å²) in [7, 11) is 0. The van der Waals surface area contributed by atoms with Crippen LogP contribution in [-0.2, 0) is 13.1 Å². The molecule has 0 spiro atoms. The van der Waals surface area contributed by atoms with Gasteiger partial charge in [0.2, 0.25) is 0 Å². The molecule has 0 radical (unpaired) electrons. The van der Waals surface area contributed by atoms with Crippen molar-refractivity contribution in [3.8, 4) is 5.75 Å². The molecule has 150 valence electrons. The van der Waals surface area contributed by atoms with E-state index in [1.165, 1.54) is 0 Å². The molecule has 0 saturated carbocycles. The van der Waals surface area contributed by atoms with Crippen LogP contribution in [0.2, 0.25) is 0 Å². The van der Waals surface area contributed by atoms with Gasteiger partial charge in [0.15, 0.2) is 11.7 Å². The van der Waals surface area contributed by atoms with Gasteiger partial charge in [-0.25, -0.2) is 4.99 Å². The molecule has 0 bridgehead atoms. The van der Waals surface area contributed by atoms with Crippen LogP contribution in [0.15, 0.2) is 39.8 Å². The third-order valence-electron chi connectivity index (χ3n) is 3.73. The molecule has 2 aromatic rings. The molecule has 1 aromatic carbocycles. The molecule has 0 fully saturated rings. The zero-order chi connectivity index (χ0) is 18.8. The van der Waals surface area contributed by atoms with Crippen molar-refractivity contribution in [3.63, 3.8) is 0 Å². The fourth-order valence-electron chi connectivity index (χ4n) is 2.32. The molecule has 0 aliphatic carbocycles. The first-order chi connectivity index (χ1) is 12.6. The Hall–Kier alpha value is -1.77. The van der Waals surface area contributed by atoms with Gasteiger partial charge in [-0.1, -0.05) is 38.1 Å². The highest BCUT2D eigenvalue weighted by molar-refractivity contribution is 14.0. The van der Waals surface area contributed by atoms with Crippen LogP contribution in [0.25, 0.3) is 0 Å². The summed E-state index contributed by atoms with van der Waals surface area (Å²) < 4.78 is 11.0. The average molecular weight is 486 g/mol. The van der Waals surface area contributed by atoms with Crippen molar-refractivity contribution in [2.24, 2.45) is 4.99 Å². The van der Waals surface area contributed by atoms with Gasteiger partial charge in [-0.3, -0.25) is 0 Å². The van der Waals surface area contributed by atoms with E-state index in [0.717, 1.165) is 48.3 Å². The van der Waals surface area contributed by atoms with E-state index in [2.05, 4.69) is 47.6 Å². The van der Waals surface area contributed by atoms with Crippen LogP contribution >= 0.6 is 24.0 Å². The van der Waals surface area contributed by atoms with Crippen molar-refractivity contribution in [3.05, 3.63) is 47.3 Å². The summed E-state index contributed by atoms with van der Waals surface area (Å²) in [6, 6.07) is 10.0. The number of aromatic nitrogens is 1. The Labute approximate surface area is 179 Å². The number of nitrogens with one attached hydrogen (secondary N) is 2. The van der Waals surface area contributed by atoms with Gasteiger partial charge < -0.3 is 19.9 Å². The van der Waals surface area contributed by atoms with Gasteiger partial charge in [-0.2, -0.15) is 0 Å². The maximum Gasteiger partial charge on any atom is 0.191 e. The number of nitrogens with zero attached hydrogens (tertiary/aromatic N) is 2. The van der Waals surface area contributed by atoms with Gasteiger partial charge in [0, 0.05) is 12.6 Å². The predicted molar refractivity (Wildman–Crippen MR) is 120 cm³/mol. The summed E-state index contributed by atoms with van der Waals surface area (Å²) in [4.78, 5) is 4.64. The zero-order valence-electron chi connectivity index (χ0n) is 16.6. The second-order valence-electron chi connectivity index (χ2n) is 6.42. The minimum Gasteiger partial charge on any atom is -0.494 e. The molecule has 6 nitrogen and oxygen atoms in total. The van der Waals surface area contributed by atoms with Crippen molar-refractivity contribution in [2.45, 2.75) is 53.1 Å². The summed E-state index contributed by atoms with van der Waals surface area (Å²) in [6.45, 7) is 11.0. The van der Waals surface area contributed by atoms with Crippen molar-refractivity contribution in [1.82, 2.24) is 15.8 Å². The SMILES string of the molecule is CCCOc1cccc(CN=C(NCC)NCc2cc(C(C)C)no2)c1.I. The molecule has 0 aliphatic rings. The van der Waals surface area contributed by atoms with Gasteiger partial charge in [-0.15, -0.1) is 24.0 Å². The highest BCUT2D eigenvalue weighted by Gasteiger charge is 2.08. The lowest BCUT2D eigenvalue weighted by Crippen LogP contribution is -2.36. The van der Waals surface area contributed by atoms with E-state index in [4.69, 9.17) is 9.26 Å². The van der Waals surface area contributed by atoms with Crippen LogP contribution in [0, 0.1) is 0 Å².